The maximum Gasteiger partial charge on any atom is 0.251 e. The van der Waals surface area contributed by atoms with Crippen LogP contribution in [0.1, 0.15) is 28.4 Å². The number of pyridine rings is 1. The molecular weight excluding hydrogens is 354 g/mol. The zero-order valence-corrected chi connectivity index (χ0v) is 15.5. The number of ether oxygens (including phenoxy) is 1. The van der Waals surface area contributed by atoms with Gasteiger partial charge in [0.25, 0.3) is 5.91 Å². The zero-order valence-electron chi connectivity index (χ0n) is 14.7. The summed E-state index contributed by atoms with van der Waals surface area (Å²) < 4.78 is 30.4. The second-order valence-electron chi connectivity index (χ2n) is 6.01. The topological polar surface area (TPSA) is 88.6 Å². The molecule has 1 aliphatic heterocycles. The molecule has 0 atom stereocenters. The van der Waals surface area contributed by atoms with Crippen LogP contribution >= 0.6 is 0 Å². The molecule has 1 amide bonds. The van der Waals surface area contributed by atoms with Crippen molar-refractivity contribution in [2.45, 2.75) is 19.9 Å². The fraction of sp³-hybridized carbons (Fsp3) is 0.333. The van der Waals surface area contributed by atoms with E-state index in [1.165, 1.54) is 10.6 Å². The van der Waals surface area contributed by atoms with Crippen LogP contribution in [-0.4, -0.2) is 38.7 Å². The summed E-state index contributed by atoms with van der Waals surface area (Å²) in [7, 11) is -3.29. The lowest BCUT2D eigenvalue weighted by atomic mass is 10.1. The summed E-state index contributed by atoms with van der Waals surface area (Å²) in [6.45, 7) is 3.09. The Kier molecular flexibility index (Phi) is 5.13. The maximum atomic E-state index is 12.5. The average molecular weight is 375 g/mol. The molecule has 26 heavy (non-hydrogen) atoms. The predicted octanol–water partition coefficient (Wildman–Crippen LogP) is 1.73. The van der Waals surface area contributed by atoms with Crippen molar-refractivity contribution in [3.63, 3.8) is 0 Å². The summed E-state index contributed by atoms with van der Waals surface area (Å²) in [6, 6.07) is 8.73. The third-order valence-electron chi connectivity index (χ3n) is 4.17. The highest BCUT2D eigenvalue weighted by atomic mass is 32.2. The third-order valence-corrected chi connectivity index (χ3v) is 5.35. The van der Waals surface area contributed by atoms with Gasteiger partial charge < -0.3 is 10.1 Å². The highest BCUT2D eigenvalue weighted by molar-refractivity contribution is 7.92. The van der Waals surface area contributed by atoms with Gasteiger partial charge in [-0.05, 0) is 43.2 Å². The van der Waals surface area contributed by atoms with Gasteiger partial charge >= 0.3 is 0 Å². The van der Waals surface area contributed by atoms with E-state index in [1.54, 1.807) is 30.5 Å². The van der Waals surface area contributed by atoms with Crippen LogP contribution in [0.15, 0.2) is 36.5 Å². The monoisotopic (exact) mass is 375 g/mol. The third kappa shape index (κ3) is 3.80. The van der Waals surface area contributed by atoms with Gasteiger partial charge in [0, 0.05) is 30.4 Å². The predicted molar refractivity (Wildman–Crippen MR) is 98.9 cm³/mol. The molecule has 0 bridgehead atoms. The molecular formula is C18H21N3O4S. The minimum Gasteiger partial charge on any atom is -0.478 e. The molecule has 7 nitrogen and oxygen atoms in total. The molecule has 1 N–H and O–H groups in total. The number of carbonyl (C=O) groups is 1. The van der Waals surface area contributed by atoms with E-state index in [0.29, 0.717) is 43.2 Å². The van der Waals surface area contributed by atoms with Crippen molar-refractivity contribution >= 4 is 21.6 Å². The lowest BCUT2D eigenvalue weighted by molar-refractivity contribution is 0.0950. The van der Waals surface area contributed by atoms with Gasteiger partial charge in [-0.3, -0.25) is 9.10 Å². The molecule has 138 valence electrons. The second-order valence-corrected chi connectivity index (χ2v) is 7.92. The standard InChI is InChI=1S/C18H21N3O4S/c1-3-25-18-15(5-4-9-19-18)12-20-17(22)14-6-7-16-13(11-14)8-10-21(16)26(2,23)24/h4-7,9,11H,3,8,10,12H2,1-2H3,(H,20,22). The molecule has 8 heteroatoms. The van der Waals surface area contributed by atoms with Crippen molar-refractivity contribution in [2.24, 2.45) is 0 Å². The summed E-state index contributed by atoms with van der Waals surface area (Å²) in [6.07, 6.45) is 3.43. The van der Waals surface area contributed by atoms with Gasteiger partial charge in [-0.15, -0.1) is 0 Å². The summed E-state index contributed by atoms with van der Waals surface area (Å²) >= 11 is 0. The van der Waals surface area contributed by atoms with Crippen LogP contribution in [0.4, 0.5) is 5.69 Å². The Labute approximate surface area is 153 Å². The second kappa shape index (κ2) is 7.33. The molecule has 0 unspecified atom stereocenters. The number of nitrogens with one attached hydrogen (secondary N) is 1. The number of anilines is 1. The Balaban J connectivity index is 1.72. The van der Waals surface area contributed by atoms with Crippen LogP contribution in [0.5, 0.6) is 5.88 Å². The number of hydrogen-bond acceptors (Lipinski definition) is 5. The van der Waals surface area contributed by atoms with E-state index >= 15 is 0 Å². The molecule has 0 aliphatic carbocycles. The molecule has 0 spiro atoms. The summed E-state index contributed by atoms with van der Waals surface area (Å²) in [5, 5.41) is 2.86. The van der Waals surface area contributed by atoms with E-state index in [2.05, 4.69) is 10.3 Å². The van der Waals surface area contributed by atoms with Crippen molar-refractivity contribution in [3.05, 3.63) is 53.2 Å². The van der Waals surface area contributed by atoms with E-state index < -0.39 is 10.0 Å². The summed E-state index contributed by atoms with van der Waals surface area (Å²) in [4.78, 5) is 16.6. The van der Waals surface area contributed by atoms with Gasteiger partial charge in [0.2, 0.25) is 15.9 Å². The number of amides is 1. The first-order valence-electron chi connectivity index (χ1n) is 8.35. The molecule has 0 saturated carbocycles. The minimum atomic E-state index is -3.29. The fourth-order valence-electron chi connectivity index (χ4n) is 2.96. The number of aromatic nitrogens is 1. The minimum absolute atomic E-state index is 0.225. The number of sulfonamides is 1. The van der Waals surface area contributed by atoms with E-state index in [0.717, 1.165) is 11.1 Å². The highest BCUT2D eigenvalue weighted by Crippen LogP contribution is 2.30. The van der Waals surface area contributed by atoms with Crippen LogP contribution < -0.4 is 14.4 Å². The van der Waals surface area contributed by atoms with E-state index in [4.69, 9.17) is 4.74 Å². The van der Waals surface area contributed by atoms with Crippen LogP contribution in [-0.2, 0) is 23.0 Å². The first-order valence-corrected chi connectivity index (χ1v) is 10.2. The Bertz CT molecular complexity index is 928. The van der Waals surface area contributed by atoms with Crippen molar-refractivity contribution in [1.29, 1.82) is 0 Å². The molecule has 0 fully saturated rings. The van der Waals surface area contributed by atoms with Gasteiger partial charge in [-0.1, -0.05) is 6.07 Å². The Morgan fingerprint density at radius 3 is 2.88 bits per heavy atom. The Morgan fingerprint density at radius 2 is 2.15 bits per heavy atom. The van der Waals surface area contributed by atoms with Crippen molar-refractivity contribution in [3.8, 4) is 5.88 Å². The summed E-state index contributed by atoms with van der Waals surface area (Å²) in [5.41, 5.74) is 2.81. The van der Waals surface area contributed by atoms with Gasteiger partial charge in [0.15, 0.2) is 0 Å². The van der Waals surface area contributed by atoms with Crippen LogP contribution in [0, 0.1) is 0 Å². The van der Waals surface area contributed by atoms with Crippen LogP contribution in [0.3, 0.4) is 0 Å². The maximum absolute atomic E-state index is 12.5. The van der Waals surface area contributed by atoms with E-state index in [9.17, 15) is 13.2 Å². The van der Waals surface area contributed by atoms with Gasteiger partial charge in [-0.25, -0.2) is 13.4 Å². The van der Waals surface area contributed by atoms with E-state index in [-0.39, 0.29) is 5.91 Å². The fourth-order valence-corrected chi connectivity index (χ4v) is 3.92. The molecule has 0 radical (unpaired) electrons. The van der Waals surface area contributed by atoms with Gasteiger partial charge in [0.1, 0.15) is 0 Å². The van der Waals surface area contributed by atoms with Crippen LogP contribution in [0.2, 0.25) is 0 Å². The quantitative estimate of drug-likeness (QED) is 0.831. The Morgan fingerprint density at radius 1 is 1.35 bits per heavy atom. The molecule has 0 saturated heterocycles. The Hall–Kier alpha value is -2.61. The molecule has 1 aromatic carbocycles. The van der Waals surface area contributed by atoms with E-state index in [1.807, 2.05) is 13.0 Å². The molecule has 1 aliphatic rings. The average Bonchev–Trinajstić information content (AvgIpc) is 3.04. The number of carbonyl (C=O) groups excluding carboxylic acids is 1. The number of benzene rings is 1. The number of fused-ring (bicyclic) bond motifs is 1. The van der Waals surface area contributed by atoms with Gasteiger partial charge in [0.05, 0.1) is 18.6 Å². The molecule has 2 heterocycles. The van der Waals surface area contributed by atoms with Crippen molar-refractivity contribution in [1.82, 2.24) is 10.3 Å². The number of nitrogens with zero attached hydrogens (tertiary/aromatic N) is 2. The molecule has 1 aromatic heterocycles. The molecule has 2 aromatic rings. The molecule has 3 rings (SSSR count). The highest BCUT2D eigenvalue weighted by Gasteiger charge is 2.26. The zero-order chi connectivity index (χ0) is 18.7. The van der Waals surface area contributed by atoms with Crippen molar-refractivity contribution < 1.29 is 17.9 Å². The van der Waals surface area contributed by atoms with Crippen LogP contribution in [0.25, 0.3) is 0 Å². The smallest absolute Gasteiger partial charge is 0.251 e. The van der Waals surface area contributed by atoms with Crippen molar-refractivity contribution in [2.75, 3.05) is 23.7 Å². The lowest BCUT2D eigenvalue weighted by Gasteiger charge is -2.16. The number of hydrogen-bond donors (Lipinski definition) is 1. The first-order chi connectivity index (χ1) is 12.4. The summed E-state index contributed by atoms with van der Waals surface area (Å²) in [5.74, 6) is 0.282. The van der Waals surface area contributed by atoms with Gasteiger partial charge in [-0.2, -0.15) is 0 Å². The normalized spacial score (nSPS) is 13.4. The lowest BCUT2D eigenvalue weighted by Crippen LogP contribution is -2.27. The number of rotatable bonds is 6. The SMILES string of the molecule is CCOc1ncccc1CNC(=O)c1ccc2c(c1)CCN2S(C)(=O)=O. The first kappa shape index (κ1) is 18.2. The largest absolute Gasteiger partial charge is 0.478 e.